The summed E-state index contributed by atoms with van der Waals surface area (Å²) < 4.78 is 74.3. The Labute approximate surface area is 146 Å². The number of ether oxygens (including phenoxy) is 2. The molecule has 1 atom stereocenters. The molecule has 6 nitrogen and oxygen atoms in total. The average molecular weight is 390 g/mol. The zero-order valence-electron chi connectivity index (χ0n) is 13.5. The highest BCUT2D eigenvalue weighted by Crippen LogP contribution is 2.46. The Kier molecular flexibility index (Phi) is 4.08. The van der Waals surface area contributed by atoms with Crippen LogP contribution in [0.2, 0.25) is 0 Å². The first-order chi connectivity index (χ1) is 11.9. The number of benzene rings is 2. The van der Waals surface area contributed by atoms with Gasteiger partial charge in [0, 0.05) is 24.1 Å². The van der Waals surface area contributed by atoms with Crippen molar-refractivity contribution in [2.24, 2.45) is 0 Å². The zero-order chi connectivity index (χ0) is 19.3. The third-order valence-corrected chi connectivity index (χ3v) is 4.75. The fourth-order valence-corrected chi connectivity index (χ4v) is 3.02. The fraction of sp³-hybridized carbons (Fsp3) is 0.250. The Morgan fingerprint density at radius 3 is 2.31 bits per heavy atom. The lowest BCUT2D eigenvalue weighted by molar-refractivity contribution is -0.130. The summed E-state index contributed by atoms with van der Waals surface area (Å²) in [5, 5.41) is 10.5. The Bertz CT molecular complexity index is 966. The Morgan fingerprint density at radius 1 is 1.08 bits per heavy atom. The average Bonchev–Trinajstić information content (AvgIpc) is 2.52. The van der Waals surface area contributed by atoms with Gasteiger partial charge < -0.3 is 18.8 Å². The maximum absolute atomic E-state index is 12.5. The van der Waals surface area contributed by atoms with Gasteiger partial charge in [-0.15, -0.1) is 0 Å². The van der Waals surface area contributed by atoms with E-state index < -0.39 is 27.2 Å². The van der Waals surface area contributed by atoms with E-state index in [9.17, 15) is 26.7 Å². The van der Waals surface area contributed by atoms with Crippen molar-refractivity contribution < 1.29 is 40.4 Å². The highest BCUT2D eigenvalue weighted by Gasteiger charge is 2.48. The Morgan fingerprint density at radius 2 is 1.69 bits per heavy atom. The van der Waals surface area contributed by atoms with Crippen molar-refractivity contribution in [1.82, 2.24) is 0 Å². The number of aliphatic hydroxyl groups is 1. The molecule has 0 saturated carbocycles. The predicted molar refractivity (Wildman–Crippen MR) is 84.2 cm³/mol. The van der Waals surface area contributed by atoms with Gasteiger partial charge >= 0.3 is 15.6 Å². The minimum Gasteiger partial charge on any atom is -0.497 e. The number of alkyl halides is 3. The van der Waals surface area contributed by atoms with Gasteiger partial charge in [0.05, 0.1) is 7.11 Å². The molecule has 140 valence electrons. The van der Waals surface area contributed by atoms with Crippen LogP contribution in [0.1, 0.15) is 12.5 Å². The minimum atomic E-state index is -5.81. The predicted octanol–water partition coefficient (Wildman–Crippen LogP) is 3.15. The lowest BCUT2D eigenvalue weighted by atomic mass is 9.91. The second kappa shape index (κ2) is 5.78. The largest absolute Gasteiger partial charge is 0.534 e. The van der Waals surface area contributed by atoms with Crippen LogP contribution >= 0.6 is 0 Å². The van der Waals surface area contributed by atoms with Gasteiger partial charge in [-0.3, -0.25) is 0 Å². The Hall–Kier alpha value is -2.46. The molecule has 0 bridgehead atoms. The van der Waals surface area contributed by atoms with Gasteiger partial charge in [0.2, 0.25) is 5.79 Å². The molecule has 3 rings (SSSR count). The van der Waals surface area contributed by atoms with Crippen molar-refractivity contribution in [2.45, 2.75) is 18.2 Å². The van der Waals surface area contributed by atoms with Crippen molar-refractivity contribution in [1.29, 1.82) is 0 Å². The number of hydrogen-bond acceptors (Lipinski definition) is 6. The van der Waals surface area contributed by atoms with E-state index >= 15 is 0 Å². The van der Waals surface area contributed by atoms with Gasteiger partial charge in [0.15, 0.2) is 0 Å². The molecule has 1 unspecified atom stereocenters. The molecular weight excluding hydrogens is 377 g/mol. The number of rotatable bonds is 3. The first-order valence-corrected chi connectivity index (χ1v) is 8.60. The molecule has 0 amide bonds. The van der Waals surface area contributed by atoms with Gasteiger partial charge in [0.1, 0.15) is 17.2 Å². The van der Waals surface area contributed by atoms with Crippen LogP contribution in [-0.4, -0.2) is 26.1 Å². The van der Waals surface area contributed by atoms with Crippen molar-refractivity contribution in [3.8, 4) is 28.4 Å². The van der Waals surface area contributed by atoms with E-state index in [4.69, 9.17) is 9.47 Å². The molecule has 0 aromatic heterocycles. The highest BCUT2D eigenvalue weighted by atomic mass is 32.2. The van der Waals surface area contributed by atoms with Crippen molar-refractivity contribution >= 4 is 10.1 Å². The van der Waals surface area contributed by atoms with Gasteiger partial charge in [-0.25, -0.2) is 0 Å². The molecule has 0 saturated heterocycles. The van der Waals surface area contributed by atoms with Crippen molar-refractivity contribution in [3.05, 3.63) is 42.0 Å². The topological polar surface area (TPSA) is 82.1 Å². The van der Waals surface area contributed by atoms with E-state index in [1.165, 1.54) is 20.1 Å². The minimum absolute atomic E-state index is 0.0254. The van der Waals surface area contributed by atoms with E-state index in [0.29, 0.717) is 22.4 Å². The molecule has 0 spiro atoms. The van der Waals surface area contributed by atoms with Crippen molar-refractivity contribution in [3.63, 3.8) is 0 Å². The molecule has 2 aromatic rings. The van der Waals surface area contributed by atoms with E-state index in [1.54, 1.807) is 18.2 Å². The molecule has 1 aliphatic heterocycles. The zero-order valence-corrected chi connectivity index (χ0v) is 14.3. The first kappa shape index (κ1) is 18.3. The number of halogens is 3. The summed E-state index contributed by atoms with van der Waals surface area (Å²) in [6.45, 7) is 1.34. The van der Waals surface area contributed by atoms with Crippen LogP contribution in [0, 0.1) is 0 Å². The molecule has 26 heavy (non-hydrogen) atoms. The molecule has 0 fully saturated rings. The van der Waals surface area contributed by atoms with Crippen molar-refractivity contribution in [2.75, 3.05) is 7.11 Å². The summed E-state index contributed by atoms with van der Waals surface area (Å²) >= 11 is 0. The third kappa shape index (κ3) is 3.06. The second-order valence-electron chi connectivity index (χ2n) is 5.64. The van der Waals surface area contributed by atoms with Crippen LogP contribution in [0.15, 0.2) is 36.4 Å². The molecule has 1 N–H and O–H groups in total. The molecular formula is C16H13F3O6S. The summed E-state index contributed by atoms with van der Waals surface area (Å²) in [7, 11) is -4.35. The number of fused-ring (bicyclic) bond motifs is 3. The third-order valence-electron chi connectivity index (χ3n) is 3.77. The standard InChI is InChI=1S/C16H13F3O6S/c1-15(20)13-7-9(23-2)3-5-11(13)12-6-4-10(8-14(12)24-15)25-26(21,22)16(17,18)19/h3-8,20H,1-2H3. The van der Waals surface area contributed by atoms with E-state index in [0.717, 1.165) is 12.1 Å². The summed E-state index contributed by atoms with van der Waals surface area (Å²) in [6, 6.07) is 8.24. The number of methoxy groups -OCH3 is 1. The van der Waals surface area contributed by atoms with Crippen LogP contribution < -0.4 is 13.7 Å². The number of hydrogen-bond donors (Lipinski definition) is 1. The van der Waals surface area contributed by atoms with Crippen LogP contribution in [0.4, 0.5) is 13.2 Å². The molecule has 1 aliphatic rings. The van der Waals surface area contributed by atoms with E-state index in [2.05, 4.69) is 4.18 Å². The first-order valence-electron chi connectivity index (χ1n) is 7.20. The monoisotopic (exact) mass is 390 g/mol. The summed E-state index contributed by atoms with van der Waals surface area (Å²) in [5.41, 5.74) is -4.16. The van der Waals surface area contributed by atoms with Crippen LogP contribution in [-0.2, 0) is 15.9 Å². The summed E-state index contributed by atoms with van der Waals surface area (Å²) in [4.78, 5) is 0. The maximum atomic E-state index is 12.5. The highest BCUT2D eigenvalue weighted by molar-refractivity contribution is 7.88. The smallest absolute Gasteiger partial charge is 0.497 e. The molecule has 0 radical (unpaired) electrons. The van der Waals surface area contributed by atoms with Gasteiger partial charge in [-0.05, 0) is 29.8 Å². The SMILES string of the molecule is COc1ccc2c(c1)C(C)(O)Oc1cc(OS(=O)(=O)C(F)(F)F)ccc1-2. The molecule has 2 aromatic carbocycles. The van der Waals surface area contributed by atoms with Gasteiger partial charge in [-0.2, -0.15) is 21.6 Å². The van der Waals surface area contributed by atoms with Crippen LogP contribution in [0.5, 0.6) is 17.2 Å². The van der Waals surface area contributed by atoms with Gasteiger partial charge in [-0.1, -0.05) is 6.07 Å². The molecule has 1 heterocycles. The normalized spacial score (nSPS) is 19.2. The maximum Gasteiger partial charge on any atom is 0.534 e. The lowest BCUT2D eigenvalue weighted by Crippen LogP contribution is -2.32. The van der Waals surface area contributed by atoms with E-state index in [-0.39, 0.29) is 5.75 Å². The summed E-state index contributed by atoms with van der Waals surface area (Å²) in [5.74, 6) is -1.94. The van der Waals surface area contributed by atoms with Crippen LogP contribution in [0.25, 0.3) is 11.1 Å². The van der Waals surface area contributed by atoms with E-state index in [1.807, 2.05) is 0 Å². The van der Waals surface area contributed by atoms with Crippen LogP contribution in [0.3, 0.4) is 0 Å². The quantitative estimate of drug-likeness (QED) is 0.641. The second-order valence-corrected chi connectivity index (χ2v) is 7.18. The fourth-order valence-electron chi connectivity index (χ4n) is 2.57. The molecule has 10 heteroatoms. The molecule has 0 aliphatic carbocycles. The lowest BCUT2D eigenvalue weighted by Gasteiger charge is -2.33. The van der Waals surface area contributed by atoms with Gasteiger partial charge in [0.25, 0.3) is 0 Å². The Balaban J connectivity index is 2.06. The summed E-state index contributed by atoms with van der Waals surface area (Å²) in [6.07, 6.45) is 0.